The highest BCUT2D eigenvalue weighted by Gasteiger charge is 2.13. The molecule has 0 bridgehead atoms. The largest absolute Gasteiger partial charge is 0.748 e. The van der Waals surface area contributed by atoms with Crippen LogP contribution in [0.15, 0.2) is 0 Å². The molecule has 0 aliphatic carbocycles. The molecule has 0 saturated heterocycles. The Morgan fingerprint density at radius 1 is 0.952 bits per heavy atom. The molecule has 0 amide bonds. The van der Waals surface area contributed by atoms with Gasteiger partial charge in [-0.2, -0.15) is 8.42 Å². The second-order valence-electron chi connectivity index (χ2n) is 4.75. The van der Waals surface area contributed by atoms with Crippen LogP contribution in [0.4, 0.5) is 0 Å². The lowest BCUT2D eigenvalue weighted by Gasteiger charge is -2.19. The first-order valence-corrected chi connectivity index (χ1v) is 9.62. The summed E-state index contributed by atoms with van der Waals surface area (Å²) >= 11 is 0. The fourth-order valence-electron chi connectivity index (χ4n) is 1.87. The molecule has 0 saturated carbocycles. The van der Waals surface area contributed by atoms with Crippen LogP contribution in [0.5, 0.6) is 0 Å². The molecule has 9 nitrogen and oxygen atoms in total. The van der Waals surface area contributed by atoms with Crippen molar-refractivity contribution < 1.29 is 40.7 Å². The van der Waals surface area contributed by atoms with E-state index in [-0.39, 0.29) is 19.3 Å². The average molecular weight is 347 g/mol. The van der Waals surface area contributed by atoms with E-state index in [0.29, 0.717) is 26.1 Å². The van der Waals surface area contributed by atoms with Crippen LogP contribution in [0.3, 0.4) is 0 Å². The number of carbonyl (C=O) groups is 1. The molecule has 0 aromatic carbocycles. The SMILES string of the molecule is O=C(O)CCC[NH+](CCCS(=O)(=O)[O-])CCCS(=O)(=O)O. The van der Waals surface area contributed by atoms with Gasteiger partial charge in [0.1, 0.15) is 0 Å². The molecule has 21 heavy (non-hydrogen) atoms. The summed E-state index contributed by atoms with van der Waals surface area (Å²) in [6, 6.07) is 0. The number of nitrogens with one attached hydrogen (secondary N) is 1. The lowest BCUT2D eigenvalue weighted by atomic mass is 10.2. The first kappa shape index (κ1) is 20.2. The van der Waals surface area contributed by atoms with Crippen LogP contribution in [0.25, 0.3) is 0 Å². The molecule has 1 unspecified atom stereocenters. The molecule has 0 fully saturated rings. The fourth-order valence-corrected chi connectivity index (χ4v) is 2.88. The van der Waals surface area contributed by atoms with Gasteiger partial charge in [-0.3, -0.25) is 9.35 Å². The molecule has 0 rings (SSSR count). The first-order chi connectivity index (χ1) is 9.49. The van der Waals surface area contributed by atoms with Crippen molar-refractivity contribution in [2.75, 3.05) is 31.1 Å². The fraction of sp³-hybridized carbons (Fsp3) is 0.900. The second kappa shape index (κ2) is 9.30. The van der Waals surface area contributed by atoms with E-state index in [4.69, 9.17) is 9.66 Å². The van der Waals surface area contributed by atoms with Crippen LogP contribution in [0.1, 0.15) is 25.7 Å². The molecule has 126 valence electrons. The summed E-state index contributed by atoms with van der Waals surface area (Å²) in [5.74, 6) is -1.86. The normalized spacial score (nSPS) is 14.0. The van der Waals surface area contributed by atoms with Crippen LogP contribution in [-0.4, -0.2) is 68.2 Å². The van der Waals surface area contributed by atoms with Crippen LogP contribution < -0.4 is 4.90 Å². The zero-order valence-corrected chi connectivity index (χ0v) is 13.2. The molecule has 0 radical (unpaired) electrons. The predicted molar refractivity (Wildman–Crippen MR) is 72.6 cm³/mol. The van der Waals surface area contributed by atoms with Gasteiger partial charge in [0.2, 0.25) is 0 Å². The van der Waals surface area contributed by atoms with Gasteiger partial charge in [-0.25, -0.2) is 8.42 Å². The van der Waals surface area contributed by atoms with Crippen molar-refractivity contribution in [3.05, 3.63) is 0 Å². The molecule has 1 atom stereocenters. The Labute approximate surface area is 124 Å². The van der Waals surface area contributed by atoms with E-state index in [1.807, 2.05) is 0 Å². The average Bonchev–Trinajstić information content (AvgIpc) is 2.24. The Morgan fingerprint density at radius 3 is 1.86 bits per heavy atom. The van der Waals surface area contributed by atoms with E-state index in [1.165, 1.54) is 0 Å². The molecular weight excluding hydrogens is 326 g/mol. The van der Waals surface area contributed by atoms with Gasteiger partial charge in [-0.1, -0.05) is 0 Å². The zero-order chi connectivity index (χ0) is 16.5. The summed E-state index contributed by atoms with van der Waals surface area (Å²) in [4.78, 5) is 11.2. The Kier molecular flexibility index (Phi) is 8.97. The number of rotatable bonds is 12. The molecule has 0 aliphatic heterocycles. The highest BCUT2D eigenvalue weighted by Crippen LogP contribution is 1.89. The quantitative estimate of drug-likeness (QED) is 0.341. The molecule has 0 heterocycles. The number of carboxylic acids is 1. The third-order valence-electron chi connectivity index (χ3n) is 2.78. The van der Waals surface area contributed by atoms with E-state index in [1.54, 1.807) is 0 Å². The third-order valence-corrected chi connectivity index (χ3v) is 4.37. The van der Waals surface area contributed by atoms with Crippen LogP contribution in [0.2, 0.25) is 0 Å². The smallest absolute Gasteiger partial charge is 0.303 e. The standard InChI is InChI=1S/C10H21NO8S2/c12-10(13)4-1-5-11(6-2-8-20(14,15)16)7-3-9-21(17,18)19/h1-9H2,(H,12,13)(H,14,15,16)(H,17,18,19). The van der Waals surface area contributed by atoms with Gasteiger partial charge in [0, 0.05) is 25.0 Å². The number of hydrogen-bond donors (Lipinski definition) is 3. The highest BCUT2D eigenvalue weighted by atomic mass is 32.2. The van der Waals surface area contributed by atoms with Crippen LogP contribution >= 0.6 is 0 Å². The van der Waals surface area contributed by atoms with Gasteiger partial charge < -0.3 is 14.6 Å². The lowest BCUT2D eigenvalue weighted by molar-refractivity contribution is -0.900. The summed E-state index contributed by atoms with van der Waals surface area (Å²) in [5, 5.41) is 8.55. The Bertz CT molecular complexity index is 475. The van der Waals surface area contributed by atoms with Gasteiger partial charge in [-0.15, -0.1) is 0 Å². The number of aliphatic carboxylic acids is 1. The zero-order valence-electron chi connectivity index (χ0n) is 11.5. The maximum atomic E-state index is 10.6. The molecule has 0 aliphatic rings. The van der Waals surface area contributed by atoms with Gasteiger partial charge in [0.15, 0.2) is 0 Å². The summed E-state index contributed by atoms with van der Waals surface area (Å²) in [6.45, 7) is 1.10. The van der Waals surface area contributed by atoms with E-state index < -0.39 is 37.7 Å². The van der Waals surface area contributed by atoms with Crippen LogP contribution in [0, 0.1) is 0 Å². The van der Waals surface area contributed by atoms with Crippen molar-refractivity contribution in [1.82, 2.24) is 0 Å². The minimum absolute atomic E-state index is 0.0400. The van der Waals surface area contributed by atoms with Crippen molar-refractivity contribution in [2.24, 2.45) is 0 Å². The summed E-state index contributed by atoms with van der Waals surface area (Å²) in [6.07, 6.45) is 0.619. The maximum absolute atomic E-state index is 10.6. The first-order valence-electron chi connectivity index (χ1n) is 6.44. The van der Waals surface area contributed by atoms with Crippen molar-refractivity contribution in [2.45, 2.75) is 25.7 Å². The van der Waals surface area contributed by atoms with E-state index >= 15 is 0 Å². The molecule has 0 aromatic rings. The van der Waals surface area contributed by atoms with E-state index in [2.05, 4.69) is 0 Å². The predicted octanol–water partition coefficient (Wildman–Crippen LogP) is -2.05. The Hall–Kier alpha value is -0.750. The van der Waals surface area contributed by atoms with Gasteiger partial charge in [0.25, 0.3) is 10.1 Å². The topological polar surface area (TPSA) is 153 Å². The van der Waals surface area contributed by atoms with Gasteiger partial charge in [-0.05, 0) is 0 Å². The monoisotopic (exact) mass is 347 g/mol. The van der Waals surface area contributed by atoms with Crippen molar-refractivity contribution in [3.63, 3.8) is 0 Å². The summed E-state index contributed by atoms with van der Waals surface area (Å²) in [7, 11) is -8.34. The third kappa shape index (κ3) is 15.5. The van der Waals surface area contributed by atoms with Gasteiger partial charge in [0.05, 0.1) is 41.9 Å². The van der Waals surface area contributed by atoms with Gasteiger partial charge >= 0.3 is 5.97 Å². The molecule has 11 heteroatoms. The van der Waals surface area contributed by atoms with E-state index in [0.717, 1.165) is 4.90 Å². The Balaban J connectivity index is 4.22. The number of quaternary nitrogens is 1. The van der Waals surface area contributed by atoms with Crippen molar-refractivity contribution >= 4 is 26.2 Å². The van der Waals surface area contributed by atoms with Crippen molar-refractivity contribution in [3.8, 4) is 0 Å². The van der Waals surface area contributed by atoms with Crippen LogP contribution in [-0.2, 0) is 25.0 Å². The number of carboxylic acid groups (broad SMARTS) is 1. The molecule has 0 aromatic heterocycles. The lowest BCUT2D eigenvalue weighted by Crippen LogP contribution is -3.12. The Morgan fingerprint density at radius 2 is 1.43 bits per heavy atom. The minimum Gasteiger partial charge on any atom is -0.748 e. The highest BCUT2D eigenvalue weighted by molar-refractivity contribution is 7.85. The second-order valence-corrected chi connectivity index (χ2v) is 7.85. The van der Waals surface area contributed by atoms with Crippen molar-refractivity contribution in [1.29, 1.82) is 0 Å². The molecule has 0 spiro atoms. The molecule has 3 N–H and O–H groups in total. The summed E-state index contributed by atoms with van der Waals surface area (Å²) in [5.41, 5.74) is 0. The maximum Gasteiger partial charge on any atom is 0.303 e. The van der Waals surface area contributed by atoms with E-state index in [9.17, 15) is 26.2 Å². The summed E-state index contributed by atoms with van der Waals surface area (Å²) < 4.78 is 61.4. The minimum atomic E-state index is -4.29. The number of hydrogen-bond acceptors (Lipinski definition) is 6. The molecular formula is C10H21NO8S2.